The molecule has 0 aliphatic carbocycles. The molecule has 0 saturated carbocycles. The van der Waals surface area contributed by atoms with Crippen molar-refractivity contribution in [1.82, 2.24) is 5.43 Å². The molecule has 11 heteroatoms. The number of amides is 2. The van der Waals surface area contributed by atoms with Crippen molar-refractivity contribution in [1.29, 1.82) is 0 Å². The van der Waals surface area contributed by atoms with Gasteiger partial charge in [-0.05, 0) is 30.2 Å². The van der Waals surface area contributed by atoms with Crippen LogP contribution in [0.1, 0.15) is 18.1 Å². The van der Waals surface area contributed by atoms with E-state index < -0.39 is 22.9 Å². The van der Waals surface area contributed by atoms with Gasteiger partial charge in [-0.1, -0.05) is 24.3 Å². The lowest BCUT2D eigenvalue weighted by Gasteiger charge is -2.09. The topological polar surface area (TPSA) is 114 Å². The second-order valence-corrected chi connectivity index (χ2v) is 5.87. The number of hydrazone groups is 1. The summed E-state index contributed by atoms with van der Waals surface area (Å²) in [7, 11) is 0. The summed E-state index contributed by atoms with van der Waals surface area (Å²) in [6.07, 6.45) is -5.08. The van der Waals surface area contributed by atoms with Crippen molar-refractivity contribution in [2.45, 2.75) is 19.5 Å². The van der Waals surface area contributed by atoms with Crippen molar-refractivity contribution in [2.75, 3.05) is 5.32 Å². The van der Waals surface area contributed by atoms with Gasteiger partial charge in [0.25, 0.3) is 5.69 Å². The number of nitrogens with one attached hydrogen (secondary N) is 2. The molecular formula is C18H15F3N4O4. The number of carbonyl (C=O) groups is 2. The number of benzene rings is 2. The molecule has 0 fully saturated rings. The molecule has 2 rings (SSSR count). The first kappa shape index (κ1) is 21.5. The lowest BCUT2D eigenvalue weighted by molar-refractivity contribution is -0.384. The molecule has 0 heterocycles. The van der Waals surface area contributed by atoms with Crippen LogP contribution < -0.4 is 10.7 Å². The van der Waals surface area contributed by atoms with E-state index in [-0.39, 0.29) is 17.8 Å². The maximum absolute atomic E-state index is 12.3. The largest absolute Gasteiger partial charge is 0.471 e. The van der Waals surface area contributed by atoms with Gasteiger partial charge in [-0.2, -0.15) is 18.3 Å². The highest BCUT2D eigenvalue weighted by Crippen LogP contribution is 2.19. The first-order chi connectivity index (χ1) is 13.6. The van der Waals surface area contributed by atoms with E-state index in [1.165, 1.54) is 49.4 Å². The Bertz CT molecular complexity index is 956. The zero-order chi connectivity index (χ0) is 21.6. The Morgan fingerprint density at radius 2 is 1.79 bits per heavy atom. The van der Waals surface area contributed by atoms with E-state index in [0.717, 1.165) is 0 Å². The second kappa shape index (κ2) is 8.95. The van der Waals surface area contributed by atoms with Gasteiger partial charge in [0.2, 0.25) is 5.91 Å². The summed E-state index contributed by atoms with van der Waals surface area (Å²) >= 11 is 0. The molecule has 0 radical (unpaired) electrons. The molecule has 2 amide bonds. The van der Waals surface area contributed by atoms with E-state index in [9.17, 15) is 32.9 Å². The fraction of sp³-hybridized carbons (Fsp3) is 0.167. The molecule has 0 aliphatic rings. The number of halogens is 3. The Morgan fingerprint density at radius 1 is 1.14 bits per heavy atom. The molecule has 2 aromatic carbocycles. The third-order valence-corrected chi connectivity index (χ3v) is 3.66. The standard InChI is InChI=1S/C18H15F3N4O4/c1-11(13-3-2-4-14(10-13)22-17(27)18(19,20)21)23-24-16(26)9-12-5-7-15(8-6-12)25(28)29/h2-8,10H,9H2,1H3,(H,22,27)(H,24,26)/b23-11-. The predicted octanol–water partition coefficient (Wildman–Crippen LogP) is 3.18. The summed E-state index contributed by atoms with van der Waals surface area (Å²) in [5.41, 5.74) is 3.36. The average molecular weight is 408 g/mol. The average Bonchev–Trinajstić information content (AvgIpc) is 2.66. The number of non-ortho nitro benzene ring substituents is 1. The molecule has 0 aromatic heterocycles. The monoisotopic (exact) mass is 408 g/mol. The molecule has 0 unspecified atom stereocenters. The molecule has 8 nitrogen and oxygen atoms in total. The number of nitro groups is 1. The summed E-state index contributed by atoms with van der Waals surface area (Å²) < 4.78 is 37.0. The lowest BCUT2D eigenvalue weighted by atomic mass is 10.1. The normalized spacial score (nSPS) is 11.7. The first-order valence-electron chi connectivity index (χ1n) is 8.11. The van der Waals surface area contributed by atoms with Gasteiger partial charge in [0.15, 0.2) is 0 Å². The zero-order valence-electron chi connectivity index (χ0n) is 15.0. The van der Waals surface area contributed by atoms with Gasteiger partial charge in [0.1, 0.15) is 0 Å². The smallest absolute Gasteiger partial charge is 0.318 e. The third-order valence-electron chi connectivity index (χ3n) is 3.66. The molecule has 0 aliphatic heterocycles. The van der Waals surface area contributed by atoms with E-state index in [4.69, 9.17) is 0 Å². The number of carbonyl (C=O) groups excluding carboxylic acids is 2. The number of hydrogen-bond acceptors (Lipinski definition) is 5. The molecule has 0 bridgehead atoms. The molecule has 2 N–H and O–H groups in total. The SMILES string of the molecule is C/C(=N/NC(=O)Cc1ccc([N+](=O)[O-])cc1)c1cccc(NC(=O)C(F)(F)F)c1. The van der Waals surface area contributed by atoms with Gasteiger partial charge in [-0.15, -0.1) is 0 Å². The van der Waals surface area contributed by atoms with Gasteiger partial charge in [-0.25, -0.2) is 5.43 Å². The number of hydrogen-bond donors (Lipinski definition) is 2. The van der Waals surface area contributed by atoms with Gasteiger partial charge in [0.05, 0.1) is 17.1 Å². The van der Waals surface area contributed by atoms with Crippen molar-refractivity contribution in [3.8, 4) is 0 Å². The highest BCUT2D eigenvalue weighted by atomic mass is 19.4. The third kappa shape index (κ3) is 6.41. The predicted molar refractivity (Wildman–Crippen MR) is 98.3 cm³/mol. The van der Waals surface area contributed by atoms with Crippen molar-refractivity contribution in [3.63, 3.8) is 0 Å². The number of rotatable bonds is 6. The van der Waals surface area contributed by atoms with E-state index in [2.05, 4.69) is 10.5 Å². The number of nitro benzene ring substituents is 1. The minimum atomic E-state index is -5.01. The Kier molecular flexibility index (Phi) is 6.65. The van der Waals surface area contributed by atoms with Crippen LogP contribution >= 0.6 is 0 Å². The maximum atomic E-state index is 12.3. The second-order valence-electron chi connectivity index (χ2n) is 5.87. The lowest BCUT2D eigenvalue weighted by Crippen LogP contribution is -2.30. The molecule has 29 heavy (non-hydrogen) atoms. The van der Waals surface area contributed by atoms with Gasteiger partial charge >= 0.3 is 12.1 Å². The minimum absolute atomic E-state index is 0.0726. The Hall–Kier alpha value is -3.76. The Morgan fingerprint density at radius 3 is 2.38 bits per heavy atom. The maximum Gasteiger partial charge on any atom is 0.471 e. The van der Waals surface area contributed by atoms with Crippen LogP contribution in [-0.4, -0.2) is 28.6 Å². The van der Waals surface area contributed by atoms with Crippen LogP contribution in [0.25, 0.3) is 0 Å². The van der Waals surface area contributed by atoms with Crippen LogP contribution in [0.4, 0.5) is 24.5 Å². The molecular weight excluding hydrogens is 393 g/mol. The van der Waals surface area contributed by atoms with E-state index in [1.807, 2.05) is 0 Å². The summed E-state index contributed by atoms with van der Waals surface area (Å²) in [6.45, 7) is 1.52. The van der Waals surface area contributed by atoms with Crippen LogP contribution in [0.15, 0.2) is 53.6 Å². The van der Waals surface area contributed by atoms with Gasteiger partial charge < -0.3 is 5.32 Å². The van der Waals surface area contributed by atoms with Crippen molar-refractivity contribution >= 4 is 28.9 Å². The quantitative estimate of drug-likeness (QED) is 0.434. The fourth-order valence-corrected chi connectivity index (χ4v) is 2.20. The molecule has 152 valence electrons. The number of alkyl halides is 3. The highest BCUT2D eigenvalue weighted by molar-refractivity contribution is 6.01. The Balaban J connectivity index is 2.00. The molecule has 0 atom stereocenters. The fourth-order valence-electron chi connectivity index (χ4n) is 2.20. The van der Waals surface area contributed by atoms with Crippen molar-refractivity contribution in [2.24, 2.45) is 5.10 Å². The van der Waals surface area contributed by atoms with E-state index in [0.29, 0.717) is 16.8 Å². The zero-order valence-corrected chi connectivity index (χ0v) is 15.0. The summed E-state index contributed by atoms with van der Waals surface area (Å²) in [4.78, 5) is 33.0. The number of nitrogens with zero attached hydrogens (tertiary/aromatic N) is 2. The van der Waals surface area contributed by atoms with Crippen LogP contribution in [0, 0.1) is 10.1 Å². The first-order valence-corrected chi connectivity index (χ1v) is 8.11. The minimum Gasteiger partial charge on any atom is -0.318 e. The molecule has 2 aromatic rings. The highest BCUT2D eigenvalue weighted by Gasteiger charge is 2.38. The summed E-state index contributed by atoms with van der Waals surface area (Å²) in [5.74, 6) is -2.58. The van der Waals surface area contributed by atoms with Crippen LogP contribution in [-0.2, 0) is 16.0 Å². The van der Waals surface area contributed by atoms with Crippen molar-refractivity contribution in [3.05, 3.63) is 69.8 Å². The van der Waals surface area contributed by atoms with Gasteiger partial charge in [0, 0.05) is 17.8 Å². The summed E-state index contributed by atoms with van der Waals surface area (Å²) in [5, 5.41) is 16.2. The van der Waals surface area contributed by atoms with Crippen LogP contribution in [0.3, 0.4) is 0 Å². The van der Waals surface area contributed by atoms with Gasteiger partial charge in [-0.3, -0.25) is 19.7 Å². The Labute approximate surface area is 162 Å². The van der Waals surface area contributed by atoms with Crippen LogP contribution in [0.2, 0.25) is 0 Å². The molecule has 0 saturated heterocycles. The number of anilines is 1. The van der Waals surface area contributed by atoms with E-state index in [1.54, 1.807) is 11.4 Å². The summed E-state index contributed by atoms with van der Waals surface area (Å²) in [6, 6.07) is 11.0. The van der Waals surface area contributed by atoms with E-state index >= 15 is 0 Å². The van der Waals surface area contributed by atoms with Crippen molar-refractivity contribution < 1.29 is 27.7 Å². The molecule has 0 spiro atoms. The van der Waals surface area contributed by atoms with Crippen LogP contribution in [0.5, 0.6) is 0 Å².